The third-order valence-electron chi connectivity index (χ3n) is 5.62. The van der Waals surface area contributed by atoms with Crippen molar-refractivity contribution >= 4 is 17.7 Å². The van der Waals surface area contributed by atoms with Gasteiger partial charge in [-0.2, -0.15) is 0 Å². The minimum absolute atomic E-state index is 0.105. The van der Waals surface area contributed by atoms with Gasteiger partial charge in [-0.25, -0.2) is 9.97 Å². The number of likely N-dealkylation sites (tertiary alicyclic amines) is 2. The molecular formula is C19H30N4O2S. The van der Waals surface area contributed by atoms with Crippen LogP contribution in [0.1, 0.15) is 45.1 Å². The molecule has 6 nitrogen and oxygen atoms in total. The molecule has 2 saturated heterocycles. The number of amides is 1. The van der Waals surface area contributed by atoms with Crippen molar-refractivity contribution in [3.63, 3.8) is 0 Å². The number of thioether (sulfide) groups is 1. The van der Waals surface area contributed by atoms with Gasteiger partial charge in [0, 0.05) is 69.3 Å². The zero-order valence-electron chi connectivity index (χ0n) is 15.9. The SMILES string of the molecule is CCCCSc1ncc(CN2CC[C@]3(O)CCN(C(C)=O)C[C@@H]3C2)cn1. The van der Waals surface area contributed by atoms with E-state index in [-0.39, 0.29) is 11.8 Å². The molecule has 0 radical (unpaired) electrons. The summed E-state index contributed by atoms with van der Waals surface area (Å²) in [6.07, 6.45) is 7.68. The zero-order chi connectivity index (χ0) is 18.6. The summed E-state index contributed by atoms with van der Waals surface area (Å²) in [5, 5.41) is 11.8. The molecule has 1 N–H and O–H groups in total. The second kappa shape index (κ2) is 8.67. The Morgan fingerprint density at radius 2 is 2.04 bits per heavy atom. The first kappa shape index (κ1) is 19.6. The van der Waals surface area contributed by atoms with Crippen LogP contribution in [-0.2, 0) is 11.3 Å². The van der Waals surface area contributed by atoms with Crippen LogP contribution in [0.15, 0.2) is 17.6 Å². The Bertz CT molecular complexity index is 612. The lowest BCUT2D eigenvalue weighted by Crippen LogP contribution is -2.60. The molecule has 0 bridgehead atoms. The predicted octanol–water partition coefficient (Wildman–Crippen LogP) is 2.17. The van der Waals surface area contributed by atoms with Crippen molar-refractivity contribution in [3.05, 3.63) is 18.0 Å². The molecular weight excluding hydrogens is 348 g/mol. The van der Waals surface area contributed by atoms with E-state index in [1.54, 1.807) is 18.7 Å². The Kier molecular flexibility index (Phi) is 6.53. The van der Waals surface area contributed by atoms with Crippen LogP contribution in [0.4, 0.5) is 0 Å². The first-order valence-corrected chi connectivity index (χ1v) is 10.6. The number of nitrogens with zero attached hydrogens (tertiary/aromatic N) is 4. The van der Waals surface area contributed by atoms with Gasteiger partial charge in [-0.05, 0) is 19.3 Å². The standard InChI is InChI=1S/C19H30N4O2S/c1-3-4-9-26-18-20-10-16(11-21-18)12-22-7-5-19(25)6-8-23(15(2)24)14-17(19)13-22/h10-11,17,25H,3-9,12-14H2,1-2H3/t17-,19-/m0/s1. The fourth-order valence-electron chi connectivity index (χ4n) is 3.87. The molecule has 0 aliphatic carbocycles. The Morgan fingerprint density at radius 3 is 2.73 bits per heavy atom. The van der Waals surface area contributed by atoms with Gasteiger partial charge in [0.05, 0.1) is 5.60 Å². The monoisotopic (exact) mass is 378 g/mol. The highest BCUT2D eigenvalue weighted by atomic mass is 32.2. The van der Waals surface area contributed by atoms with Gasteiger partial charge in [0.15, 0.2) is 5.16 Å². The van der Waals surface area contributed by atoms with Crippen molar-refractivity contribution in [2.75, 3.05) is 31.9 Å². The number of aromatic nitrogens is 2. The van der Waals surface area contributed by atoms with Crippen molar-refractivity contribution in [1.29, 1.82) is 0 Å². The van der Waals surface area contributed by atoms with E-state index in [4.69, 9.17) is 0 Å². The largest absolute Gasteiger partial charge is 0.389 e. The maximum absolute atomic E-state index is 11.7. The number of piperidine rings is 2. The number of rotatable bonds is 6. The molecule has 0 aromatic carbocycles. The van der Waals surface area contributed by atoms with Crippen molar-refractivity contribution in [3.8, 4) is 0 Å². The molecule has 1 aromatic rings. The maximum atomic E-state index is 11.7. The summed E-state index contributed by atoms with van der Waals surface area (Å²) in [5.41, 5.74) is 0.494. The zero-order valence-corrected chi connectivity index (χ0v) is 16.7. The van der Waals surface area contributed by atoms with Gasteiger partial charge in [0.25, 0.3) is 0 Å². The molecule has 0 spiro atoms. The van der Waals surface area contributed by atoms with Crippen molar-refractivity contribution in [2.24, 2.45) is 5.92 Å². The van der Waals surface area contributed by atoms with E-state index in [1.165, 1.54) is 12.8 Å². The summed E-state index contributed by atoms with van der Waals surface area (Å²) in [4.78, 5) is 24.8. The van der Waals surface area contributed by atoms with Crippen LogP contribution in [0.2, 0.25) is 0 Å². The number of hydrogen-bond donors (Lipinski definition) is 1. The molecule has 2 atom stereocenters. The molecule has 7 heteroatoms. The summed E-state index contributed by atoms with van der Waals surface area (Å²) < 4.78 is 0. The van der Waals surface area contributed by atoms with Crippen molar-refractivity contribution in [1.82, 2.24) is 19.8 Å². The minimum atomic E-state index is -0.612. The van der Waals surface area contributed by atoms with Crippen LogP contribution in [0.5, 0.6) is 0 Å². The highest BCUT2D eigenvalue weighted by molar-refractivity contribution is 7.99. The average Bonchev–Trinajstić information content (AvgIpc) is 2.63. The van der Waals surface area contributed by atoms with Crippen LogP contribution in [0.3, 0.4) is 0 Å². The molecule has 2 aliphatic rings. The first-order chi connectivity index (χ1) is 12.5. The summed E-state index contributed by atoms with van der Waals surface area (Å²) in [5.74, 6) is 1.29. The molecule has 2 fully saturated rings. The second-order valence-electron chi connectivity index (χ2n) is 7.58. The van der Waals surface area contributed by atoms with Gasteiger partial charge < -0.3 is 10.0 Å². The van der Waals surface area contributed by atoms with Crippen molar-refractivity contribution in [2.45, 2.75) is 56.8 Å². The Morgan fingerprint density at radius 1 is 1.31 bits per heavy atom. The predicted molar refractivity (Wildman–Crippen MR) is 103 cm³/mol. The maximum Gasteiger partial charge on any atom is 0.219 e. The summed E-state index contributed by atoms with van der Waals surface area (Å²) >= 11 is 1.71. The van der Waals surface area contributed by atoms with Crippen molar-refractivity contribution < 1.29 is 9.90 Å². The summed E-state index contributed by atoms with van der Waals surface area (Å²) in [6.45, 7) is 7.62. The highest BCUT2D eigenvalue weighted by Gasteiger charge is 2.45. The molecule has 1 aromatic heterocycles. The van der Waals surface area contributed by atoms with Gasteiger partial charge in [-0.15, -0.1) is 0 Å². The fourth-order valence-corrected chi connectivity index (χ4v) is 4.74. The van der Waals surface area contributed by atoms with Gasteiger partial charge in [-0.1, -0.05) is 25.1 Å². The number of carbonyl (C=O) groups is 1. The highest BCUT2D eigenvalue weighted by Crippen LogP contribution is 2.35. The molecule has 26 heavy (non-hydrogen) atoms. The third-order valence-corrected chi connectivity index (χ3v) is 6.58. The van der Waals surface area contributed by atoms with E-state index < -0.39 is 5.60 Å². The second-order valence-corrected chi connectivity index (χ2v) is 8.64. The lowest BCUT2D eigenvalue weighted by molar-refractivity contribution is -0.145. The fraction of sp³-hybridized carbons (Fsp3) is 0.737. The molecule has 0 unspecified atom stereocenters. The molecule has 3 heterocycles. The Balaban J connectivity index is 1.55. The van der Waals surface area contributed by atoms with Crippen LogP contribution in [0.25, 0.3) is 0 Å². The van der Waals surface area contributed by atoms with Gasteiger partial charge in [0.1, 0.15) is 0 Å². The number of aliphatic hydroxyl groups is 1. The lowest BCUT2D eigenvalue weighted by Gasteiger charge is -2.50. The number of carbonyl (C=O) groups excluding carboxylic acids is 1. The van der Waals surface area contributed by atoms with E-state index in [0.717, 1.165) is 42.5 Å². The third kappa shape index (κ3) is 4.75. The topological polar surface area (TPSA) is 69.6 Å². The number of unbranched alkanes of at least 4 members (excludes halogenated alkanes) is 1. The van der Waals surface area contributed by atoms with Crippen LogP contribution in [-0.4, -0.2) is 68.3 Å². The number of fused-ring (bicyclic) bond motifs is 1. The molecule has 2 aliphatic heterocycles. The van der Waals surface area contributed by atoms with Crippen LogP contribution >= 0.6 is 11.8 Å². The van der Waals surface area contributed by atoms with Gasteiger partial charge >= 0.3 is 0 Å². The van der Waals surface area contributed by atoms with Crippen LogP contribution < -0.4 is 0 Å². The van der Waals surface area contributed by atoms with Gasteiger partial charge in [-0.3, -0.25) is 9.69 Å². The van der Waals surface area contributed by atoms with Crippen LogP contribution in [0, 0.1) is 5.92 Å². The summed E-state index contributed by atoms with van der Waals surface area (Å²) in [7, 11) is 0. The van der Waals surface area contributed by atoms with E-state index in [2.05, 4.69) is 21.8 Å². The van der Waals surface area contributed by atoms with E-state index in [9.17, 15) is 9.90 Å². The minimum Gasteiger partial charge on any atom is -0.389 e. The average molecular weight is 379 g/mol. The Hall–Kier alpha value is -1.18. The van der Waals surface area contributed by atoms with E-state index in [1.807, 2.05) is 17.3 Å². The lowest BCUT2D eigenvalue weighted by atomic mass is 9.75. The van der Waals surface area contributed by atoms with E-state index >= 15 is 0 Å². The first-order valence-electron chi connectivity index (χ1n) is 9.64. The molecule has 3 rings (SSSR count). The Labute approximate surface area is 160 Å². The van der Waals surface area contributed by atoms with Gasteiger partial charge in [0.2, 0.25) is 5.91 Å². The molecule has 144 valence electrons. The molecule has 1 amide bonds. The number of hydrogen-bond acceptors (Lipinski definition) is 6. The molecule has 0 saturated carbocycles. The summed E-state index contributed by atoms with van der Waals surface area (Å²) in [6, 6.07) is 0. The quantitative estimate of drug-likeness (QED) is 0.465. The smallest absolute Gasteiger partial charge is 0.219 e. The normalized spacial score (nSPS) is 26.6. The van der Waals surface area contributed by atoms with E-state index in [0.29, 0.717) is 19.5 Å².